The summed E-state index contributed by atoms with van der Waals surface area (Å²) in [6.45, 7) is 22.0. The van der Waals surface area contributed by atoms with E-state index in [0.717, 1.165) is 5.98 Å². The van der Waals surface area contributed by atoms with Crippen LogP contribution in [0.25, 0.3) is 0 Å². The first-order valence-electron chi connectivity index (χ1n) is 9.35. The van der Waals surface area contributed by atoms with Gasteiger partial charge in [0.2, 0.25) is 0 Å². The molecule has 0 aliphatic rings. The van der Waals surface area contributed by atoms with Crippen LogP contribution in [-0.2, 0) is 0 Å². The van der Waals surface area contributed by atoms with Crippen LogP contribution >= 0.6 is 0 Å². The van der Waals surface area contributed by atoms with Crippen LogP contribution in [0.15, 0.2) is 12.6 Å². The second-order valence-electron chi connectivity index (χ2n) is 10.0. The molecule has 0 heterocycles. The summed E-state index contributed by atoms with van der Waals surface area (Å²) in [6, 6.07) is 0. The van der Waals surface area contributed by atoms with Crippen molar-refractivity contribution >= 4 is 7.12 Å². The molecule has 178 valence electrons. The molecule has 0 saturated carbocycles. The molecule has 8 nitrogen and oxygen atoms in total. The molecule has 0 aliphatic heterocycles. The van der Waals surface area contributed by atoms with E-state index in [2.05, 4.69) is 6.58 Å². The Morgan fingerprint density at radius 2 is 0.517 bits per heavy atom. The number of rotatable bonds is 4. The minimum Gasteiger partial charge on any atom is -0.424 e. The Kier molecular flexibility index (Phi) is 15.3. The van der Waals surface area contributed by atoms with Gasteiger partial charge in [-0.05, 0) is 83.1 Å². The van der Waals surface area contributed by atoms with E-state index in [0.29, 0.717) is 0 Å². The summed E-state index contributed by atoms with van der Waals surface area (Å²) < 4.78 is 0. The summed E-state index contributed by atoms with van der Waals surface area (Å²) in [7, 11) is -1.35. The molecule has 0 aliphatic carbocycles. The molecular formula is C20H47BO8. The second kappa shape index (κ2) is 12.4. The molecular weight excluding hydrogens is 379 g/mol. The summed E-state index contributed by atoms with van der Waals surface area (Å²) in [6.07, 6.45) is 0. The highest BCUT2D eigenvalue weighted by atomic mass is 16.4. The predicted octanol–water partition coefficient (Wildman–Crippen LogP) is 0.769. The zero-order valence-corrected chi connectivity index (χ0v) is 20.4. The number of hydrogen-bond acceptors (Lipinski definition) is 8. The summed E-state index contributed by atoms with van der Waals surface area (Å²) in [5.41, 5.74) is -6.04. The van der Waals surface area contributed by atoms with Crippen LogP contribution in [0.5, 0.6) is 0 Å². The molecule has 8 N–H and O–H groups in total. The third-order valence-electron chi connectivity index (χ3n) is 4.70. The summed E-state index contributed by atoms with van der Waals surface area (Å²) in [5.74, 6) is 1.03. The predicted molar refractivity (Wildman–Crippen MR) is 118 cm³/mol. The van der Waals surface area contributed by atoms with E-state index in [9.17, 15) is 0 Å². The number of hydrogen-bond donors (Lipinski definition) is 8. The number of aliphatic hydroxyl groups is 6. The normalized spacial score (nSPS) is 13.0. The van der Waals surface area contributed by atoms with E-state index >= 15 is 0 Å². The Balaban J connectivity index is -0.000000146. The van der Waals surface area contributed by atoms with Gasteiger partial charge in [-0.3, -0.25) is 0 Å². The topological polar surface area (TPSA) is 162 Å². The molecule has 0 saturated heterocycles. The molecule has 0 aromatic heterocycles. The lowest BCUT2D eigenvalue weighted by atomic mass is 9.90. The standard InChI is InChI=1S/3C6H14O2.C2H5BO2/c3*1-5(2,7)6(3,4)8;1-2-3(4)5/h3*7-8H,1-4H3;2,4-5H,1H2. The molecule has 0 radical (unpaired) electrons. The Labute approximate surface area is 177 Å². The lowest BCUT2D eigenvalue weighted by Crippen LogP contribution is -2.44. The first-order valence-corrected chi connectivity index (χ1v) is 9.35. The van der Waals surface area contributed by atoms with Crippen molar-refractivity contribution in [1.29, 1.82) is 0 Å². The van der Waals surface area contributed by atoms with E-state index < -0.39 is 40.7 Å². The Morgan fingerprint density at radius 1 is 0.448 bits per heavy atom. The van der Waals surface area contributed by atoms with Gasteiger partial charge in [0.05, 0.1) is 33.6 Å². The first kappa shape index (κ1) is 35.9. The highest BCUT2D eigenvalue weighted by Crippen LogP contribution is 2.20. The highest BCUT2D eigenvalue weighted by molar-refractivity contribution is 6.47. The van der Waals surface area contributed by atoms with Crippen molar-refractivity contribution < 1.29 is 40.7 Å². The van der Waals surface area contributed by atoms with Crippen molar-refractivity contribution in [2.24, 2.45) is 0 Å². The van der Waals surface area contributed by atoms with Crippen molar-refractivity contribution in [3.63, 3.8) is 0 Å². The molecule has 0 bridgehead atoms. The van der Waals surface area contributed by atoms with Gasteiger partial charge in [-0.2, -0.15) is 0 Å². The first-order chi connectivity index (χ1) is 12.0. The second-order valence-corrected chi connectivity index (χ2v) is 10.0. The van der Waals surface area contributed by atoms with Crippen molar-refractivity contribution in [3.05, 3.63) is 12.6 Å². The van der Waals surface area contributed by atoms with Crippen molar-refractivity contribution in [2.75, 3.05) is 0 Å². The molecule has 0 rings (SSSR count). The van der Waals surface area contributed by atoms with Gasteiger partial charge in [-0.1, -0.05) is 5.98 Å². The summed E-state index contributed by atoms with van der Waals surface area (Å²) in [4.78, 5) is 0. The van der Waals surface area contributed by atoms with Gasteiger partial charge < -0.3 is 40.7 Å². The van der Waals surface area contributed by atoms with E-state index in [4.69, 9.17) is 40.7 Å². The minimum atomic E-state index is -1.35. The average Bonchev–Trinajstić information content (AvgIpc) is 2.33. The van der Waals surface area contributed by atoms with Gasteiger partial charge in [0.1, 0.15) is 0 Å². The van der Waals surface area contributed by atoms with Gasteiger partial charge in [0, 0.05) is 0 Å². The van der Waals surface area contributed by atoms with E-state index in [1.165, 1.54) is 0 Å². The third kappa shape index (κ3) is 22.0. The van der Waals surface area contributed by atoms with Crippen LogP contribution < -0.4 is 0 Å². The molecule has 0 aromatic rings. The van der Waals surface area contributed by atoms with E-state index in [1.54, 1.807) is 83.1 Å². The Hall–Kier alpha value is -0.515. The van der Waals surface area contributed by atoms with E-state index in [1.807, 2.05) is 0 Å². The molecule has 0 spiro atoms. The maximum absolute atomic E-state index is 9.10. The lowest BCUT2D eigenvalue weighted by Gasteiger charge is -2.31. The van der Waals surface area contributed by atoms with Crippen molar-refractivity contribution in [3.8, 4) is 0 Å². The minimum absolute atomic E-state index is 1.01. The van der Waals surface area contributed by atoms with Crippen molar-refractivity contribution in [2.45, 2.75) is 117 Å². The SMILES string of the molecule is C=CB(O)O.CC(C)(O)C(C)(C)O.CC(C)(O)C(C)(C)O.CC(C)(O)C(C)(C)O. The maximum Gasteiger partial charge on any atom is 0.480 e. The van der Waals surface area contributed by atoms with Crippen LogP contribution in [-0.4, -0.2) is 81.4 Å². The Bertz CT molecular complexity index is 329. The summed E-state index contributed by atoms with van der Waals surface area (Å²) in [5, 5.41) is 70.2. The third-order valence-corrected chi connectivity index (χ3v) is 4.70. The highest BCUT2D eigenvalue weighted by Gasteiger charge is 2.33. The van der Waals surface area contributed by atoms with Crippen molar-refractivity contribution in [1.82, 2.24) is 0 Å². The Morgan fingerprint density at radius 3 is 0.517 bits per heavy atom. The molecule has 9 heteroatoms. The van der Waals surface area contributed by atoms with Crippen LogP contribution in [0.3, 0.4) is 0 Å². The zero-order chi connectivity index (χ0) is 25.3. The molecule has 0 amide bonds. The van der Waals surface area contributed by atoms with Gasteiger partial charge in [-0.25, -0.2) is 0 Å². The van der Waals surface area contributed by atoms with Crippen LogP contribution in [0, 0.1) is 0 Å². The zero-order valence-electron chi connectivity index (χ0n) is 20.4. The van der Waals surface area contributed by atoms with Gasteiger partial charge in [0.15, 0.2) is 0 Å². The summed E-state index contributed by atoms with van der Waals surface area (Å²) >= 11 is 0. The monoisotopic (exact) mass is 426 g/mol. The fraction of sp³-hybridized carbons (Fsp3) is 0.900. The van der Waals surface area contributed by atoms with Crippen LogP contribution in [0.2, 0.25) is 0 Å². The van der Waals surface area contributed by atoms with E-state index in [-0.39, 0.29) is 0 Å². The van der Waals surface area contributed by atoms with Gasteiger partial charge in [0.25, 0.3) is 0 Å². The smallest absolute Gasteiger partial charge is 0.424 e. The molecule has 0 aromatic carbocycles. The fourth-order valence-corrected chi connectivity index (χ4v) is 0. The van der Waals surface area contributed by atoms with Crippen LogP contribution in [0.4, 0.5) is 0 Å². The fourth-order valence-electron chi connectivity index (χ4n) is 0. The molecule has 29 heavy (non-hydrogen) atoms. The molecule has 0 atom stereocenters. The largest absolute Gasteiger partial charge is 0.480 e. The maximum atomic E-state index is 9.10. The van der Waals surface area contributed by atoms with Crippen LogP contribution in [0.1, 0.15) is 83.1 Å². The molecule has 0 fully saturated rings. The quantitative estimate of drug-likeness (QED) is 0.306. The lowest BCUT2D eigenvalue weighted by molar-refractivity contribution is -0.107. The average molecular weight is 426 g/mol. The van der Waals surface area contributed by atoms with Gasteiger partial charge in [-0.15, -0.1) is 6.58 Å². The molecule has 0 unspecified atom stereocenters. The van der Waals surface area contributed by atoms with Gasteiger partial charge >= 0.3 is 7.12 Å².